The van der Waals surface area contributed by atoms with Crippen molar-refractivity contribution in [2.24, 2.45) is 5.92 Å². The highest BCUT2D eigenvalue weighted by molar-refractivity contribution is 5.74. The van der Waals surface area contributed by atoms with Crippen LogP contribution in [0.15, 0.2) is 6.20 Å². The molecular weight excluding hydrogens is 340 g/mol. The molecule has 0 aromatic carbocycles. The van der Waals surface area contributed by atoms with E-state index in [9.17, 15) is 4.79 Å². The molecule has 0 aliphatic carbocycles. The summed E-state index contributed by atoms with van der Waals surface area (Å²) in [5.41, 5.74) is 1.27. The predicted molar refractivity (Wildman–Crippen MR) is 107 cm³/mol. The molecule has 152 valence electrons. The smallest absolute Gasteiger partial charge is 0.319 e. The highest BCUT2D eigenvalue weighted by Crippen LogP contribution is 2.28. The Kier molecular flexibility index (Phi) is 7.16. The minimum absolute atomic E-state index is 0.214. The van der Waals surface area contributed by atoms with Crippen molar-refractivity contribution in [1.29, 1.82) is 0 Å². The Balaban J connectivity index is 1.51. The lowest BCUT2D eigenvalue weighted by atomic mass is 9.93. The maximum absolute atomic E-state index is 12.5. The molecule has 2 aliphatic heterocycles. The zero-order valence-corrected chi connectivity index (χ0v) is 17.3. The molecule has 6 nitrogen and oxygen atoms in total. The van der Waals surface area contributed by atoms with E-state index < -0.39 is 0 Å². The van der Waals surface area contributed by atoms with Gasteiger partial charge in [-0.25, -0.2) is 9.78 Å². The first-order valence-electron chi connectivity index (χ1n) is 10.8. The van der Waals surface area contributed by atoms with E-state index in [4.69, 9.17) is 9.72 Å². The third kappa shape index (κ3) is 4.84. The number of aryl methyl sites for hydroxylation is 1. The van der Waals surface area contributed by atoms with Crippen LogP contribution >= 0.6 is 0 Å². The van der Waals surface area contributed by atoms with E-state index >= 15 is 0 Å². The van der Waals surface area contributed by atoms with Crippen molar-refractivity contribution in [3.05, 3.63) is 17.7 Å². The van der Waals surface area contributed by atoms with Crippen LogP contribution in [-0.4, -0.2) is 64.8 Å². The molecule has 0 radical (unpaired) electrons. The van der Waals surface area contributed by atoms with Crippen LogP contribution in [0, 0.1) is 12.8 Å². The lowest BCUT2D eigenvalue weighted by molar-refractivity contribution is 0.0826. The zero-order valence-electron chi connectivity index (χ0n) is 17.3. The van der Waals surface area contributed by atoms with Crippen molar-refractivity contribution >= 4 is 6.03 Å². The van der Waals surface area contributed by atoms with Crippen LogP contribution in [0.1, 0.15) is 63.4 Å². The highest BCUT2D eigenvalue weighted by atomic mass is 16.5. The van der Waals surface area contributed by atoms with Crippen LogP contribution in [0.5, 0.6) is 0 Å². The molecule has 2 aliphatic rings. The summed E-state index contributed by atoms with van der Waals surface area (Å²) >= 11 is 0. The Morgan fingerprint density at radius 2 is 1.85 bits per heavy atom. The number of hydrogen-bond donors (Lipinski definition) is 0. The maximum atomic E-state index is 12.5. The first kappa shape index (κ1) is 20.2. The van der Waals surface area contributed by atoms with E-state index in [2.05, 4.69) is 25.3 Å². The van der Waals surface area contributed by atoms with E-state index in [1.54, 1.807) is 0 Å². The number of likely N-dealkylation sites (tertiary alicyclic amines) is 1. The van der Waals surface area contributed by atoms with Crippen molar-refractivity contribution < 1.29 is 9.53 Å². The van der Waals surface area contributed by atoms with Gasteiger partial charge < -0.3 is 19.1 Å². The highest BCUT2D eigenvalue weighted by Gasteiger charge is 2.26. The summed E-state index contributed by atoms with van der Waals surface area (Å²) in [7, 11) is 0. The van der Waals surface area contributed by atoms with Crippen molar-refractivity contribution in [1.82, 2.24) is 19.4 Å². The Bertz CT molecular complexity index is 597. The number of nitrogens with zero attached hydrogens (tertiary/aromatic N) is 4. The Morgan fingerprint density at radius 3 is 2.48 bits per heavy atom. The summed E-state index contributed by atoms with van der Waals surface area (Å²) < 4.78 is 7.95. The van der Waals surface area contributed by atoms with Gasteiger partial charge in [-0.05, 0) is 58.8 Å². The fraction of sp³-hybridized carbons (Fsp3) is 0.810. The first-order chi connectivity index (χ1) is 13.1. The molecular formula is C21H36N4O2. The second-order valence-electron chi connectivity index (χ2n) is 7.97. The standard InChI is InChI=1S/C21H36N4O2/c1-4-23(5-2)21(26)24-11-6-18(7-12-24)8-13-25-17(3)16-22-20(25)19-9-14-27-15-10-19/h16,18-19H,4-15H2,1-3H3. The van der Waals surface area contributed by atoms with Gasteiger partial charge in [0.2, 0.25) is 0 Å². The van der Waals surface area contributed by atoms with Crippen molar-refractivity contribution in [2.45, 2.75) is 65.3 Å². The third-order valence-electron chi connectivity index (χ3n) is 6.35. The molecule has 6 heteroatoms. The van der Waals surface area contributed by atoms with Crippen LogP contribution < -0.4 is 0 Å². The molecule has 1 aromatic heterocycles. The molecule has 0 spiro atoms. The van der Waals surface area contributed by atoms with Gasteiger partial charge in [-0.2, -0.15) is 0 Å². The van der Waals surface area contributed by atoms with Gasteiger partial charge >= 0.3 is 6.03 Å². The van der Waals surface area contributed by atoms with E-state index in [1.165, 1.54) is 17.9 Å². The van der Waals surface area contributed by atoms with E-state index in [0.29, 0.717) is 11.8 Å². The molecule has 2 saturated heterocycles. The largest absolute Gasteiger partial charge is 0.381 e. The lowest BCUT2D eigenvalue weighted by Gasteiger charge is -2.35. The molecule has 0 atom stereocenters. The minimum atomic E-state index is 0.214. The van der Waals surface area contributed by atoms with Gasteiger partial charge in [0.15, 0.2) is 0 Å². The summed E-state index contributed by atoms with van der Waals surface area (Å²) in [5.74, 6) is 2.50. The fourth-order valence-corrected chi connectivity index (χ4v) is 4.47. The van der Waals surface area contributed by atoms with Crippen LogP contribution in [0.3, 0.4) is 0 Å². The predicted octanol–water partition coefficient (Wildman–Crippen LogP) is 3.65. The number of hydrogen-bond acceptors (Lipinski definition) is 3. The van der Waals surface area contributed by atoms with Crippen LogP contribution in [0.25, 0.3) is 0 Å². The van der Waals surface area contributed by atoms with Gasteiger partial charge in [-0.1, -0.05) is 0 Å². The second-order valence-corrected chi connectivity index (χ2v) is 7.97. The average molecular weight is 377 g/mol. The van der Waals surface area contributed by atoms with Crippen molar-refractivity contribution in [3.63, 3.8) is 0 Å². The quantitative estimate of drug-likeness (QED) is 0.761. The maximum Gasteiger partial charge on any atom is 0.319 e. The van der Waals surface area contributed by atoms with Gasteiger partial charge in [0.1, 0.15) is 5.82 Å². The number of carbonyl (C=O) groups is 1. The summed E-state index contributed by atoms with van der Waals surface area (Å²) in [6, 6.07) is 0.214. The summed E-state index contributed by atoms with van der Waals surface area (Å²) in [6.45, 7) is 12.4. The van der Waals surface area contributed by atoms with E-state index in [0.717, 1.165) is 71.6 Å². The Labute approximate surface area is 163 Å². The van der Waals surface area contributed by atoms with Crippen molar-refractivity contribution in [2.75, 3.05) is 39.4 Å². The molecule has 0 bridgehead atoms. The molecule has 3 rings (SSSR count). The minimum Gasteiger partial charge on any atom is -0.381 e. The number of piperidine rings is 1. The van der Waals surface area contributed by atoms with E-state index in [-0.39, 0.29) is 6.03 Å². The average Bonchev–Trinajstić information content (AvgIpc) is 3.08. The SMILES string of the molecule is CCN(CC)C(=O)N1CCC(CCn2c(C)cnc2C2CCOCC2)CC1. The number of imidazole rings is 1. The van der Waals surface area contributed by atoms with Gasteiger partial charge in [0.25, 0.3) is 0 Å². The normalized spacial score (nSPS) is 19.4. The Morgan fingerprint density at radius 1 is 1.19 bits per heavy atom. The third-order valence-corrected chi connectivity index (χ3v) is 6.35. The van der Waals surface area contributed by atoms with Crippen molar-refractivity contribution in [3.8, 4) is 0 Å². The molecule has 0 N–H and O–H groups in total. The molecule has 0 unspecified atom stereocenters. The topological polar surface area (TPSA) is 50.6 Å². The molecule has 27 heavy (non-hydrogen) atoms. The van der Waals surface area contributed by atoms with E-state index in [1.807, 2.05) is 16.0 Å². The van der Waals surface area contributed by atoms with Crippen LogP contribution in [0.2, 0.25) is 0 Å². The van der Waals surface area contributed by atoms with Crippen LogP contribution in [0.4, 0.5) is 4.79 Å². The number of urea groups is 1. The van der Waals surface area contributed by atoms with Gasteiger partial charge in [0.05, 0.1) is 0 Å². The number of amides is 2. The fourth-order valence-electron chi connectivity index (χ4n) is 4.47. The number of aromatic nitrogens is 2. The summed E-state index contributed by atoms with van der Waals surface area (Å²) in [6.07, 6.45) is 7.61. The number of ether oxygens (including phenoxy) is 1. The monoisotopic (exact) mass is 376 g/mol. The molecule has 2 amide bonds. The number of rotatable bonds is 6. The summed E-state index contributed by atoms with van der Waals surface area (Å²) in [5, 5.41) is 0. The summed E-state index contributed by atoms with van der Waals surface area (Å²) in [4.78, 5) is 21.2. The molecule has 0 saturated carbocycles. The first-order valence-corrected chi connectivity index (χ1v) is 10.8. The van der Waals surface area contributed by atoms with Crippen LogP contribution in [-0.2, 0) is 11.3 Å². The number of carbonyl (C=O) groups excluding carboxylic acids is 1. The molecule has 2 fully saturated rings. The molecule has 1 aromatic rings. The Hall–Kier alpha value is -1.56. The molecule has 3 heterocycles. The zero-order chi connectivity index (χ0) is 19.2. The lowest BCUT2D eigenvalue weighted by Crippen LogP contribution is -2.46. The second kappa shape index (κ2) is 9.58. The van der Waals surface area contributed by atoms with Gasteiger partial charge in [-0.15, -0.1) is 0 Å². The van der Waals surface area contributed by atoms with Gasteiger partial charge in [0, 0.05) is 63.7 Å². The van der Waals surface area contributed by atoms with Gasteiger partial charge in [-0.3, -0.25) is 0 Å².